The fraction of sp³-hybridized carbons (Fsp3) is 0.0370. The average Bonchev–Trinajstić information content (AvgIpc) is 2.84. The highest BCUT2D eigenvalue weighted by molar-refractivity contribution is 6.05. The Morgan fingerprint density at radius 1 is 0.636 bits per heavy atom. The summed E-state index contributed by atoms with van der Waals surface area (Å²) in [5.41, 5.74) is 9.79. The van der Waals surface area contributed by atoms with Crippen LogP contribution in [-0.2, 0) is 0 Å². The van der Waals surface area contributed by atoms with Crippen LogP contribution in [0.3, 0.4) is 0 Å². The third kappa shape index (κ3) is 4.02. The van der Waals surface area contributed by atoms with E-state index in [1.54, 1.807) is 6.07 Å². The smallest absolute Gasteiger partial charge is 0.153 e. The number of benzene rings is 5. The van der Waals surface area contributed by atoms with Gasteiger partial charge in [-0.2, -0.15) is 10.2 Å². The van der Waals surface area contributed by atoms with Crippen molar-refractivity contribution in [3.8, 4) is 5.75 Å². The zero-order chi connectivity index (χ0) is 22.8. The topological polar surface area (TPSA) is 95.7 Å². The van der Waals surface area contributed by atoms with Gasteiger partial charge in [0.2, 0.25) is 0 Å². The minimum atomic E-state index is -0.0243. The van der Waals surface area contributed by atoms with E-state index in [1.165, 1.54) is 0 Å². The molecular formula is C27H21N5O. The van der Waals surface area contributed by atoms with Gasteiger partial charge in [-0.05, 0) is 65.0 Å². The monoisotopic (exact) mass is 431 g/mol. The summed E-state index contributed by atoms with van der Waals surface area (Å²) in [7, 11) is 0. The second-order valence-electron chi connectivity index (χ2n) is 7.75. The number of phenols is 1. The molecule has 0 saturated heterocycles. The van der Waals surface area contributed by atoms with Crippen molar-refractivity contribution in [2.24, 2.45) is 20.5 Å². The SMILES string of the molecule is Cc1cc2ccc(N=Nc3ccccc3)c(N)c2c(O)c1N=Nc1ccc2ccccc2c1. The van der Waals surface area contributed by atoms with Gasteiger partial charge in [-0.3, -0.25) is 0 Å². The minimum absolute atomic E-state index is 0.0243. The molecule has 0 aliphatic carbocycles. The zero-order valence-electron chi connectivity index (χ0n) is 18.0. The Morgan fingerprint density at radius 2 is 1.33 bits per heavy atom. The molecule has 6 nitrogen and oxygen atoms in total. The predicted molar refractivity (Wildman–Crippen MR) is 134 cm³/mol. The molecule has 0 heterocycles. The second kappa shape index (κ2) is 8.51. The van der Waals surface area contributed by atoms with Crippen LogP contribution in [0.15, 0.2) is 111 Å². The van der Waals surface area contributed by atoms with Crippen LogP contribution < -0.4 is 5.73 Å². The van der Waals surface area contributed by atoms with E-state index in [0.717, 1.165) is 27.4 Å². The van der Waals surface area contributed by atoms with E-state index in [1.807, 2.05) is 91.9 Å². The number of aromatic hydroxyl groups is 1. The van der Waals surface area contributed by atoms with Crippen molar-refractivity contribution in [2.75, 3.05) is 5.73 Å². The van der Waals surface area contributed by atoms with Crippen molar-refractivity contribution in [3.63, 3.8) is 0 Å². The Morgan fingerprint density at radius 3 is 2.15 bits per heavy atom. The summed E-state index contributed by atoms with van der Waals surface area (Å²) in [6.45, 7) is 1.88. The lowest BCUT2D eigenvalue weighted by Gasteiger charge is -2.11. The van der Waals surface area contributed by atoms with E-state index in [2.05, 4.69) is 20.5 Å². The summed E-state index contributed by atoms with van der Waals surface area (Å²) in [4.78, 5) is 0. The van der Waals surface area contributed by atoms with Gasteiger partial charge in [-0.25, -0.2) is 0 Å². The van der Waals surface area contributed by atoms with Gasteiger partial charge in [0.1, 0.15) is 11.4 Å². The predicted octanol–water partition coefficient (Wildman–Crippen LogP) is 8.42. The summed E-state index contributed by atoms with van der Waals surface area (Å²) in [5, 5.41) is 31.8. The number of azo groups is 2. The minimum Gasteiger partial charge on any atom is -0.505 e. The maximum Gasteiger partial charge on any atom is 0.153 e. The van der Waals surface area contributed by atoms with Crippen LogP contribution in [0.4, 0.5) is 28.4 Å². The number of fused-ring (bicyclic) bond motifs is 2. The largest absolute Gasteiger partial charge is 0.505 e. The highest BCUT2D eigenvalue weighted by Gasteiger charge is 2.15. The Labute approximate surface area is 190 Å². The number of phenolic OH excluding ortho intramolecular Hbond substituents is 1. The number of nitrogen functional groups attached to an aromatic ring is 1. The van der Waals surface area contributed by atoms with E-state index in [0.29, 0.717) is 28.1 Å². The molecule has 3 N–H and O–H groups in total. The van der Waals surface area contributed by atoms with Gasteiger partial charge in [-0.1, -0.05) is 54.6 Å². The lowest BCUT2D eigenvalue weighted by atomic mass is 10.0. The molecule has 0 aromatic heterocycles. The molecule has 0 amide bonds. The third-order valence-corrected chi connectivity index (χ3v) is 5.49. The van der Waals surface area contributed by atoms with Crippen molar-refractivity contribution < 1.29 is 5.11 Å². The fourth-order valence-electron chi connectivity index (χ4n) is 3.78. The highest BCUT2D eigenvalue weighted by Crippen LogP contribution is 2.44. The van der Waals surface area contributed by atoms with Crippen molar-refractivity contribution in [1.29, 1.82) is 0 Å². The standard InChI is InChI=1S/C27H21N5O/c1-17-15-20-12-14-23(31-29-21-9-3-2-4-10-21)25(28)24(20)27(33)26(17)32-30-22-13-11-18-7-5-6-8-19(18)16-22/h2-16,33H,28H2,1H3. The molecule has 6 heteroatoms. The number of anilines is 1. The molecule has 0 fully saturated rings. The number of rotatable bonds is 4. The number of nitrogens with two attached hydrogens (primary N) is 1. The molecule has 33 heavy (non-hydrogen) atoms. The summed E-state index contributed by atoms with van der Waals surface area (Å²) < 4.78 is 0. The third-order valence-electron chi connectivity index (χ3n) is 5.49. The van der Waals surface area contributed by atoms with Crippen LogP contribution in [0.1, 0.15) is 5.56 Å². The highest BCUT2D eigenvalue weighted by atomic mass is 16.3. The van der Waals surface area contributed by atoms with Crippen LogP contribution in [0.2, 0.25) is 0 Å². The van der Waals surface area contributed by atoms with Gasteiger partial charge in [0, 0.05) is 0 Å². The second-order valence-corrected chi connectivity index (χ2v) is 7.75. The summed E-state index contributed by atoms with van der Waals surface area (Å²) >= 11 is 0. The molecular weight excluding hydrogens is 410 g/mol. The van der Waals surface area contributed by atoms with Gasteiger partial charge in [0.05, 0.1) is 22.4 Å². The summed E-state index contributed by atoms with van der Waals surface area (Å²) in [6.07, 6.45) is 0. The van der Waals surface area contributed by atoms with Crippen LogP contribution >= 0.6 is 0 Å². The van der Waals surface area contributed by atoms with Crippen molar-refractivity contribution in [3.05, 3.63) is 96.6 Å². The number of aryl methyl sites for hydroxylation is 1. The Hall–Kier alpha value is -4.58. The van der Waals surface area contributed by atoms with Crippen LogP contribution in [0, 0.1) is 6.92 Å². The number of hydrogen-bond acceptors (Lipinski definition) is 6. The van der Waals surface area contributed by atoms with E-state index >= 15 is 0 Å². The van der Waals surface area contributed by atoms with Crippen LogP contribution in [0.25, 0.3) is 21.5 Å². The van der Waals surface area contributed by atoms with Gasteiger partial charge >= 0.3 is 0 Å². The zero-order valence-corrected chi connectivity index (χ0v) is 18.0. The molecule has 0 bridgehead atoms. The van der Waals surface area contributed by atoms with E-state index in [9.17, 15) is 5.11 Å². The molecule has 0 spiro atoms. The summed E-state index contributed by atoms with van der Waals surface area (Å²) in [5.74, 6) is -0.0243. The quantitative estimate of drug-likeness (QED) is 0.221. The van der Waals surface area contributed by atoms with E-state index < -0.39 is 0 Å². The fourth-order valence-corrected chi connectivity index (χ4v) is 3.78. The molecule has 0 aliphatic rings. The van der Waals surface area contributed by atoms with Gasteiger partial charge in [0.15, 0.2) is 5.75 Å². The molecule has 160 valence electrons. The van der Waals surface area contributed by atoms with Gasteiger partial charge in [0.25, 0.3) is 0 Å². The average molecular weight is 431 g/mol. The molecule has 0 saturated carbocycles. The Balaban J connectivity index is 1.55. The van der Waals surface area contributed by atoms with E-state index in [4.69, 9.17) is 5.73 Å². The first-order valence-electron chi connectivity index (χ1n) is 10.5. The van der Waals surface area contributed by atoms with Gasteiger partial charge < -0.3 is 10.8 Å². The molecule has 0 aliphatic heterocycles. The van der Waals surface area contributed by atoms with Crippen LogP contribution in [0.5, 0.6) is 5.75 Å². The number of hydrogen-bond donors (Lipinski definition) is 2. The Kier molecular flexibility index (Phi) is 5.24. The lowest BCUT2D eigenvalue weighted by molar-refractivity contribution is 0.482. The molecule has 0 unspecified atom stereocenters. The lowest BCUT2D eigenvalue weighted by Crippen LogP contribution is -1.90. The summed E-state index contributed by atoms with van der Waals surface area (Å²) in [6, 6.07) is 28.9. The first-order chi connectivity index (χ1) is 16.1. The van der Waals surface area contributed by atoms with E-state index in [-0.39, 0.29) is 5.75 Å². The maximum atomic E-state index is 11.1. The molecule has 0 atom stereocenters. The molecule has 5 rings (SSSR count). The van der Waals surface area contributed by atoms with Crippen molar-refractivity contribution in [2.45, 2.75) is 6.92 Å². The Bertz CT molecular complexity index is 1540. The molecule has 0 radical (unpaired) electrons. The molecule has 5 aromatic rings. The van der Waals surface area contributed by atoms with Gasteiger partial charge in [-0.15, -0.1) is 10.2 Å². The maximum absolute atomic E-state index is 11.1. The first kappa shape index (κ1) is 20.3. The first-order valence-corrected chi connectivity index (χ1v) is 10.5. The van der Waals surface area contributed by atoms with Crippen molar-refractivity contribution in [1.82, 2.24) is 0 Å². The van der Waals surface area contributed by atoms with Crippen LogP contribution in [-0.4, -0.2) is 5.11 Å². The molecule has 5 aromatic carbocycles. The normalized spacial score (nSPS) is 11.8. The number of nitrogens with zero attached hydrogens (tertiary/aromatic N) is 4. The van der Waals surface area contributed by atoms with Crippen molar-refractivity contribution >= 4 is 50.0 Å².